The Morgan fingerprint density at radius 1 is 1.29 bits per heavy atom. The molecule has 1 aromatic carbocycles. The summed E-state index contributed by atoms with van der Waals surface area (Å²) in [7, 11) is -1.99. The van der Waals surface area contributed by atoms with Crippen molar-refractivity contribution < 1.29 is 17.9 Å². The lowest BCUT2D eigenvalue weighted by Gasteiger charge is -2.16. The summed E-state index contributed by atoms with van der Waals surface area (Å²) in [4.78, 5) is 0. The van der Waals surface area contributed by atoms with Gasteiger partial charge in [-0.3, -0.25) is 0 Å². The van der Waals surface area contributed by atoms with Crippen molar-refractivity contribution in [3.05, 3.63) is 35.2 Å². The summed E-state index contributed by atoms with van der Waals surface area (Å²) in [5.74, 6) is 1.31. The van der Waals surface area contributed by atoms with E-state index in [-0.39, 0.29) is 17.5 Å². The van der Waals surface area contributed by atoms with Crippen LogP contribution in [0, 0.1) is 0 Å². The summed E-state index contributed by atoms with van der Waals surface area (Å²) in [6.07, 6.45) is 0. The SMILES string of the molecule is CN(Cc1ccc2c(c1)OCO2)S(=O)(=O)c1cc(N)cs1. The second-order valence-electron chi connectivity index (χ2n) is 4.65. The van der Waals surface area contributed by atoms with Crippen LogP contribution in [0.4, 0.5) is 5.69 Å². The summed E-state index contributed by atoms with van der Waals surface area (Å²) < 4.78 is 36.9. The summed E-state index contributed by atoms with van der Waals surface area (Å²) in [5, 5.41) is 1.61. The molecule has 0 unspecified atom stereocenters. The maximum absolute atomic E-state index is 12.4. The van der Waals surface area contributed by atoms with Crippen molar-refractivity contribution in [3.63, 3.8) is 0 Å². The van der Waals surface area contributed by atoms with E-state index >= 15 is 0 Å². The van der Waals surface area contributed by atoms with Crippen LogP contribution >= 0.6 is 11.3 Å². The van der Waals surface area contributed by atoms with Crippen LogP contribution in [0.3, 0.4) is 0 Å². The average molecular weight is 326 g/mol. The van der Waals surface area contributed by atoms with Crippen LogP contribution in [0.5, 0.6) is 11.5 Å². The fraction of sp³-hybridized carbons (Fsp3) is 0.231. The number of hydrogen-bond donors (Lipinski definition) is 1. The van der Waals surface area contributed by atoms with Gasteiger partial charge in [-0.15, -0.1) is 11.3 Å². The van der Waals surface area contributed by atoms with E-state index in [9.17, 15) is 8.42 Å². The number of nitrogens with two attached hydrogens (primary N) is 1. The first-order valence-electron chi connectivity index (χ1n) is 6.16. The number of thiophene rings is 1. The van der Waals surface area contributed by atoms with Crippen LogP contribution in [0.15, 0.2) is 33.9 Å². The zero-order valence-electron chi connectivity index (χ0n) is 11.3. The minimum atomic E-state index is -3.53. The molecule has 1 aromatic heterocycles. The molecule has 0 spiro atoms. The summed E-state index contributed by atoms with van der Waals surface area (Å²) >= 11 is 1.12. The molecule has 0 radical (unpaired) electrons. The zero-order valence-corrected chi connectivity index (χ0v) is 12.9. The molecule has 0 bridgehead atoms. The maximum Gasteiger partial charge on any atom is 0.252 e. The first kappa shape index (κ1) is 14.2. The minimum absolute atomic E-state index is 0.196. The molecule has 2 aromatic rings. The highest BCUT2D eigenvalue weighted by molar-refractivity contribution is 7.91. The number of ether oxygens (including phenoxy) is 2. The van der Waals surface area contributed by atoms with Crippen LogP contribution < -0.4 is 15.2 Å². The standard InChI is InChI=1S/C13H14N2O4S2/c1-15(21(16,17)13-5-10(14)7-20-13)6-9-2-3-11-12(4-9)19-8-18-11/h2-5,7H,6,8,14H2,1H3. The van der Waals surface area contributed by atoms with Crippen molar-refractivity contribution in [1.82, 2.24) is 4.31 Å². The van der Waals surface area contributed by atoms with E-state index in [1.165, 1.54) is 17.4 Å². The summed E-state index contributed by atoms with van der Waals surface area (Å²) in [6, 6.07) is 6.86. The van der Waals surface area contributed by atoms with E-state index in [0.29, 0.717) is 17.2 Å². The quantitative estimate of drug-likeness (QED) is 0.927. The molecule has 3 rings (SSSR count). The number of rotatable bonds is 4. The fourth-order valence-electron chi connectivity index (χ4n) is 2.00. The zero-order chi connectivity index (χ0) is 15.0. The van der Waals surface area contributed by atoms with E-state index in [1.807, 2.05) is 6.07 Å². The highest BCUT2D eigenvalue weighted by Gasteiger charge is 2.23. The van der Waals surface area contributed by atoms with Gasteiger partial charge in [-0.05, 0) is 23.8 Å². The van der Waals surface area contributed by atoms with Crippen molar-refractivity contribution in [2.24, 2.45) is 0 Å². The van der Waals surface area contributed by atoms with Gasteiger partial charge in [0, 0.05) is 24.7 Å². The molecular formula is C13H14N2O4S2. The van der Waals surface area contributed by atoms with Crippen molar-refractivity contribution in [2.75, 3.05) is 19.6 Å². The number of hydrogen-bond acceptors (Lipinski definition) is 6. The lowest BCUT2D eigenvalue weighted by molar-refractivity contribution is 0.174. The van der Waals surface area contributed by atoms with Crippen LogP contribution in [0.1, 0.15) is 5.56 Å². The van der Waals surface area contributed by atoms with Gasteiger partial charge in [0.1, 0.15) is 4.21 Å². The van der Waals surface area contributed by atoms with Crippen LogP contribution in [-0.4, -0.2) is 26.6 Å². The van der Waals surface area contributed by atoms with Gasteiger partial charge < -0.3 is 15.2 Å². The molecule has 1 aliphatic rings. The molecule has 2 N–H and O–H groups in total. The predicted octanol–water partition coefficient (Wildman–Crippen LogP) is 1.88. The van der Waals surface area contributed by atoms with E-state index in [1.54, 1.807) is 17.5 Å². The second-order valence-corrected chi connectivity index (χ2v) is 7.83. The highest BCUT2D eigenvalue weighted by atomic mass is 32.2. The maximum atomic E-state index is 12.4. The van der Waals surface area contributed by atoms with Crippen molar-refractivity contribution in [1.29, 1.82) is 0 Å². The van der Waals surface area contributed by atoms with Crippen LogP contribution in [0.25, 0.3) is 0 Å². The fourth-order valence-corrected chi connectivity index (χ4v) is 4.45. The lowest BCUT2D eigenvalue weighted by Crippen LogP contribution is -2.25. The number of nitrogens with zero attached hydrogens (tertiary/aromatic N) is 1. The van der Waals surface area contributed by atoms with Gasteiger partial charge in [-0.2, -0.15) is 4.31 Å². The van der Waals surface area contributed by atoms with Crippen molar-refractivity contribution in [3.8, 4) is 11.5 Å². The Labute approximate surface area is 126 Å². The highest BCUT2D eigenvalue weighted by Crippen LogP contribution is 2.33. The molecule has 0 saturated carbocycles. The Kier molecular flexibility index (Phi) is 3.52. The molecule has 2 heterocycles. The Bertz CT molecular complexity index is 770. The molecule has 21 heavy (non-hydrogen) atoms. The van der Waals surface area contributed by atoms with Gasteiger partial charge in [0.05, 0.1) is 0 Å². The smallest absolute Gasteiger partial charge is 0.252 e. The van der Waals surface area contributed by atoms with E-state index in [0.717, 1.165) is 16.9 Å². The van der Waals surface area contributed by atoms with Gasteiger partial charge >= 0.3 is 0 Å². The molecule has 8 heteroatoms. The normalized spacial score (nSPS) is 13.8. The van der Waals surface area contributed by atoms with E-state index in [2.05, 4.69) is 0 Å². The van der Waals surface area contributed by atoms with Crippen molar-refractivity contribution in [2.45, 2.75) is 10.8 Å². The first-order chi connectivity index (χ1) is 9.96. The Balaban J connectivity index is 1.81. The number of benzene rings is 1. The number of sulfonamides is 1. The topological polar surface area (TPSA) is 81.9 Å². The third-order valence-electron chi connectivity index (χ3n) is 3.10. The van der Waals surface area contributed by atoms with Crippen LogP contribution in [-0.2, 0) is 16.6 Å². The number of nitrogen functional groups attached to an aromatic ring is 1. The lowest BCUT2D eigenvalue weighted by atomic mass is 10.2. The third kappa shape index (κ3) is 2.69. The average Bonchev–Trinajstić information content (AvgIpc) is 3.06. The monoisotopic (exact) mass is 326 g/mol. The molecule has 0 aliphatic carbocycles. The Morgan fingerprint density at radius 2 is 2.05 bits per heavy atom. The molecule has 1 aliphatic heterocycles. The third-order valence-corrected chi connectivity index (χ3v) is 6.34. The number of anilines is 1. The van der Waals surface area contributed by atoms with Gasteiger partial charge in [0.2, 0.25) is 6.79 Å². The molecule has 0 atom stereocenters. The largest absolute Gasteiger partial charge is 0.454 e. The van der Waals surface area contributed by atoms with Gasteiger partial charge in [-0.1, -0.05) is 6.07 Å². The molecule has 0 saturated heterocycles. The molecule has 0 amide bonds. The second kappa shape index (κ2) is 5.21. The summed E-state index contributed by atoms with van der Waals surface area (Å²) in [5.41, 5.74) is 6.87. The summed E-state index contributed by atoms with van der Waals surface area (Å²) in [6.45, 7) is 0.443. The van der Waals surface area contributed by atoms with Gasteiger partial charge in [0.25, 0.3) is 10.0 Å². The Hall–Kier alpha value is -1.77. The van der Waals surface area contributed by atoms with Crippen molar-refractivity contribution >= 4 is 27.0 Å². The Morgan fingerprint density at radius 3 is 2.76 bits per heavy atom. The van der Waals surface area contributed by atoms with E-state index < -0.39 is 10.0 Å². The molecule has 0 fully saturated rings. The first-order valence-corrected chi connectivity index (χ1v) is 8.47. The van der Waals surface area contributed by atoms with Gasteiger partial charge in [-0.25, -0.2) is 8.42 Å². The predicted molar refractivity (Wildman–Crippen MR) is 79.9 cm³/mol. The molecule has 112 valence electrons. The molecule has 6 nitrogen and oxygen atoms in total. The van der Waals surface area contributed by atoms with E-state index in [4.69, 9.17) is 15.2 Å². The van der Waals surface area contributed by atoms with Gasteiger partial charge in [0.15, 0.2) is 11.5 Å². The number of fused-ring (bicyclic) bond motifs is 1. The van der Waals surface area contributed by atoms with Crippen LogP contribution in [0.2, 0.25) is 0 Å². The minimum Gasteiger partial charge on any atom is -0.454 e. The molecular weight excluding hydrogens is 312 g/mol.